The van der Waals surface area contributed by atoms with Crippen LogP contribution in [0.3, 0.4) is 0 Å². The van der Waals surface area contributed by atoms with Gasteiger partial charge in [-0.25, -0.2) is 9.78 Å². The summed E-state index contributed by atoms with van der Waals surface area (Å²) in [7, 11) is 1.31. The van der Waals surface area contributed by atoms with Crippen LogP contribution in [0.5, 0.6) is 0 Å². The molecule has 4 heterocycles. The van der Waals surface area contributed by atoms with E-state index in [1.165, 1.54) is 30.2 Å². The molecule has 0 amide bonds. The summed E-state index contributed by atoms with van der Waals surface area (Å²) < 4.78 is 12.0. The lowest BCUT2D eigenvalue weighted by Gasteiger charge is -2.14. The van der Waals surface area contributed by atoms with Crippen molar-refractivity contribution >= 4 is 39.3 Å². The second kappa shape index (κ2) is 8.68. The predicted octanol–water partition coefficient (Wildman–Crippen LogP) is 4.75. The molecule has 9 heteroatoms. The highest BCUT2D eigenvalue weighted by Crippen LogP contribution is 2.36. The molecule has 0 saturated heterocycles. The number of fused-ring (bicyclic) bond motifs is 1. The molecule has 1 unspecified atom stereocenters. The largest absolute Gasteiger partial charge is 0.463 e. The number of ether oxygens (including phenoxy) is 1. The number of esters is 1. The molecule has 0 aliphatic heterocycles. The second-order valence-electron chi connectivity index (χ2n) is 7.02. The molecule has 0 N–H and O–H groups in total. The van der Waals surface area contributed by atoms with E-state index in [1.54, 1.807) is 22.9 Å². The van der Waals surface area contributed by atoms with Crippen molar-refractivity contribution in [3.8, 4) is 0 Å². The number of nitrogens with zero attached hydrogens (tertiary/aromatic N) is 3. The Labute approximate surface area is 187 Å². The van der Waals surface area contributed by atoms with E-state index in [0.717, 1.165) is 21.0 Å². The van der Waals surface area contributed by atoms with Gasteiger partial charge in [0.1, 0.15) is 10.6 Å². The molecular formula is C22H21N3O4S2. The van der Waals surface area contributed by atoms with E-state index in [2.05, 4.69) is 4.98 Å². The van der Waals surface area contributed by atoms with E-state index < -0.39 is 5.97 Å². The molecule has 4 aromatic heterocycles. The minimum absolute atomic E-state index is 0.0816. The van der Waals surface area contributed by atoms with E-state index in [-0.39, 0.29) is 16.6 Å². The van der Waals surface area contributed by atoms with Crippen molar-refractivity contribution in [2.75, 3.05) is 7.11 Å². The lowest BCUT2D eigenvalue weighted by atomic mass is 10.2. The molecule has 0 radical (unpaired) electrons. The Morgan fingerprint density at radius 3 is 2.81 bits per heavy atom. The number of rotatable bonds is 6. The van der Waals surface area contributed by atoms with Crippen LogP contribution in [0.4, 0.5) is 0 Å². The maximum absolute atomic E-state index is 13.4. The molecule has 0 bridgehead atoms. The van der Waals surface area contributed by atoms with Gasteiger partial charge in [-0.15, -0.1) is 11.3 Å². The second-order valence-corrected chi connectivity index (χ2v) is 9.53. The van der Waals surface area contributed by atoms with Gasteiger partial charge in [-0.2, -0.15) is 0 Å². The summed E-state index contributed by atoms with van der Waals surface area (Å²) >= 11 is 2.92. The fourth-order valence-electron chi connectivity index (χ4n) is 3.19. The van der Waals surface area contributed by atoms with Crippen molar-refractivity contribution in [1.82, 2.24) is 14.5 Å². The molecule has 7 nitrogen and oxygen atoms in total. The van der Waals surface area contributed by atoms with E-state index in [9.17, 15) is 9.59 Å². The number of hydrogen-bond acceptors (Lipinski definition) is 8. The van der Waals surface area contributed by atoms with Crippen LogP contribution < -0.4 is 5.56 Å². The Balaban J connectivity index is 1.76. The minimum atomic E-state index is -0.528. The third kappa shape index (κ3) is 4.15. The maximum Gasteiger partial charge on any atom is 0.373 e. The minimum Gasteiger partial charge on any atom is -0.463 e. The average molecular weight is 456 g/mol. The monoisotopic (exact) mass is 455 g/mol. The number of carbonyl (C=O) groups is 1. The molecule has 0 aromatic carbocycles. The van der Waals surface area contributed by atoms with Crippen LogP contribution >= 0.6 is 23.1 Å². The molecule has 0 fully saturated rings. The summed E-state index contributed by atoms with van der Waals surface area (Å²) in [5.41, 5.74) is 1.66. The SMILES string of the molecule is COC(=O)c1ccc(C(C)Sc2nc3sc(C)c(C)c3c(=O)n2Cc2ccccn2)o1. The zero-order chi connectivity index (χ0) is 22.1. The molecule has 0 aliphatic carbocycles. The number of thiophene rings is 1. The lowest BCUT2D eigenvalue weighted by Crippen LogP contribution is -2.24. The quantitative estimate of drug-likeness (QED) is 0.235. The summed E-state index contributed by atoms with van der Waals surface area (Å²) in [5, 5.41) is 1.05. The number of thioether (sulfide) groups is 1. The van der Waals surface area contributed by atoms with Gasteiger partial charge in [-0.05, 0) is 50.6 Å². The van der Waals surface area contributed by atoms with Crippen LogP contribution in [0.15, 0.2) is 50.9 Å². The van der Waals surface area contributed by atoms with E-state index in [4.69, 9.17) is 14.1 Å². The molecule has 0 saturated carbocycles. The number of carbonyl (C=O) groups excluding carboxylic acids is 1. The van der Waals surface area contributed by atoms with Gasteiger partial charge in [0.2, 0.25) is 5.76 Å². The standard InChI is InChI=1S/C22H21N3O4S2/c1-12-13(2)30-19-18(12)20(26)25(11-15-7-5-6-10-23-15)22(24-19)31-14(3)16-8-9-17(29-16)21(27)28-4/h5-10,14H,11H2,1-4H3. The molecule has 31 heavy (non-hydrogen) atoms. The summed E-state index contributed by atoms with van der Waals surface area (Å²) in [4.78, 5) is 36.1. The summed E-state index contributed by atoms with van der Waals surface area (Å²) in [6.45, 7) is 6.21. The van der Waals surface area contributed by atoms with Gasteiger partial charge in [-0.3, -0.25) is 14.3 Å². The Morgan fingerprint density at radius 1 is 1.29 bits per heavy atom. The van der Waals surface area contributed by atoms with Crippen LogP contribution in [0, 0.1) is 13.8 Å². The van der Waals surface area contributed by atoms with E-state index in [0.29, 0.717) is 22.8 Å². The van der Waals surface area contributed by atoms with Crippen molar-refractivity contribution < 1.29 is 13.9 Å². The van der Waals surface area contributed by atoms with Gasteiger partial charge < -0.3 is 9.15 Å². The zero-order valence-corrected chi connectivity index (χ0v) is 19.2. The molecule has 0 aliphatic rings. The normalized spacial score (nSPS) is 12.3. The van der Waals surface area contributed by atoms with Crippen molar-refractivity contribution in [3.63, 3.8) is 0 Å². The predicted molar refractivity (Wildman–Crippen MR) is 121 cm³/mol. The Kier molecular flexibility index (Phi) is 5.97. The maximum atomic E-state index is 13.4. The molecule has 4 aromatic rings. The fourth-order valence-corrected chi connectivity index (χ4v) is 5.24. The van der Waals surface area contributed by atoms with Gasteiger partial charge in [0.05, 0.1) is 30.0 Å². The third-order valence-electron chi connectivity index (χ3n) is 5.00. The number of methoxy groups -OCH3 is 1. The van der Waals surface area contributed by atoms with E-state index >= 15 is 0 Å². The first-order valence-corrected chi connectivity index (χ1v) is 11.3. The van der Waals surface area contributed by atoms with Crippen LogP contribution in [0.25, 0.3) is 10.2 Å². The van der Waals surface area contributed by atoms with Gasteiger partial charge >= 0.3 is 5.97 Å². The van der Waals surface area contributed by atoms with Gasteiger partial charge in [0.15, 0.2) is 5.16 Å². The summed E-state index contributed by atoms with van der Waals surface area (Å²) in [6, 6.07) is 8.94. The highest BCUT2D eigenvalue weighted by Gasteiger charge is 2.22. The number of aryl methyl sites for hydroxylation is 2. The van der Waals surface area contributed by atoms with E-state index in [1.807, 2.05) is 39.0 Å². The first kappa shape index (κ1) is 21.3. The number of hydrogen-bond donors (Lipinski definition) is 0. The smallest absolute Gasteiger partial charge is 0.373 e. The molecule has 160 valence electrons. The summed E-state index contributed by atoms with van der Waals surface area (Å²) in [6.07, 6.45) is 1.71. The number of aromatic nitrogens is 3. The lowest BCUT2D eigenvalue weighted by molar-refractivity contribution is 0.0563. The number of furan rings is 1. The first-order valence-electron chi connectivity index (χ1n) is 9.64. The average Bonchev–Trinajstić information content (AvgIpc) is 3.36. The first-order chi connectivity index (χ1) is 14.9. The van der Waals surface area contributed by atoms with Crippen LogP contribution in [0.2, 0.25) is 0 Å². The highest BCUT2D eigenvalue weighted by molar-refractivity contribution is 7.99. The molecule has 0 spiro atoms. The van der Waals surface area contributed by atoms with Crippen molar-refractivity contribution in [1.29, 1.82) is 0 Å². The summed E-state index contributed by atoms with van der Waals surface area (Å²) in [5.74, 6) is 0.214. The molecule has 4 rings (SSSR count). The molecule has 1 atom stereocenters. The Hall–Kier alpha value is -2.91. The van der Waals surface area contributed by atoms with Crippen molar-refractivity contribution in [3.05, 3.63) is 74.5 Å². The third-order valence-corrected chi connectivity index (χ3v) is 7.21. The van der Waals surface area contributed by atoms with Gasteiger partial charge in [-0.1, -0.05) is 17.8 Å². The topological polar surface area (TPSA) is 87.2 Å². The van der Waals surface area contributed by atoms with Gasteiger partial charge in [0.25, 0.3) is 5.56 Å². The molecular weight excluding hydrogens is 434 g/mol. The fraction of sp³-hybridized carbons (Fsp3) is 0.273. The van der Waals surface area contributed by atoms with Crippen LogP contribution in [0.1, 0.15) is 44.6 Å². The zero-order valence-electron chi connectivity index (χ0n) is 17.5. The van der Waals surface area contributed by atoms with Crippen molar-refractivity contribution in [2.24, 2.45) is 0 Å². The number of pyridine rings is 1. The Bertz CT molecular complexity index is 1310. The van der Waals surface area contributed by atoms with Crippen molar-refractivity contribution in [2.45, 2.75) is 37.7 Å². The van der Waals surface area contributed by atoms with Gasteiger partial charge in [0, 0.05) is 11.1 Å². The highest BCUT2D eigenvalue weighted by atomic mass is 32.2. The van der Waals surface area contributed by atoms with Crippen LogP contribution in [-0.2, 0) is 11.3 Å². The Morgan fingerprint density at radius 2 is 2.10 bits per heavy atom. The van der Waals surface area contributed by atoms with Crippen LogP contribution in [-0.4, -0.2) is 27.6 Å².